The number of benzene rings is 1. The average molecular weight is 388 g/mol. The van der Waals surface area contributed by atoms with Gasteiger partial charge in [-0.1, -0.05) is 12.1 Å². The van der Waals surface area contributed by atoms with Crippen LogP contribution in [0.25, 0.3) is 0 Å². The number of nitrogens with one attached hydrogen (secondary N) is 1. The Balaban J connectivity index is 1.59. The van der Waals surface area contributed by atoms with Crippen LogP contribution in [0.3, 0.4) is 0 Å². The van der Waals surface area contributed by atoms with Crippen LogP contribution in [0, 0.1) is 0 Å². The highest BCUT2D eigenvalue weighted by atomic mass is 32.1. The van der Waals surface area contributed by atoms with Crippen molar-refractivity contribution in [1.82, 2.24) is 15.1 Å². The summed E-state index contributed by atoms with van der Waals surface area (Å²) >= 11 is 1.64. The van der Waals surface area contributed by atoms with E-state index in [9.17, 15) is 9.59 Å². The molecule has 3 amide bonds. The highest BCUT2D eigenvalue weighted by molar-refractivity contribution is 7.07. The Hall–Kier alpha value is -2.38. The highest BCUT2D eigenvalue weighted by Crippen LogP contribution is 2.24. The Labute approximate surface area is 163 Å². The van der Waals surface area contributed by atoms with Crippen molar-refractivity contribution in [2.45, 2.75) is 31.8 Å². The average Bonchev–Trinajstić information content (AvgIpc) is 3.23. The summed E-state index contributed by atoms with van der Waals surface area (Å²) in [4.78, 5) is 28.6. The Morgan fingerprint density at radius 1 is 1.19 bits per heavy atom. The molecule has 27 heavy (non-hydrogen) atoms. The smallest absolute Gasteiger partial charge is 0.326 e. The maximum Gasteiger partial charge on any atom is 0.326 e. The summed E-state index contributed by atoms with van der Waals surface area (Å²) in [6.45, 7) is 2.78. The number of carbonyl (C=O) groups is 2. The van der Waals surface area contributed by atoms with Crippen molar-refractivity contribution in [3.05, 3.63) is 52.2 Å². The lowest BCUT2D eigenvalue weighted by Gasteiger charge is -2.24. The monoisotopic (exact) mass is 387 g/mol. The van der Waals surface area contributed by atoms with E-state index in [-0.39, 0.29) is 18.6 Å². The van der Waals surface area contributed by atoms with E-state index in [1.54, 1.807) is 25.4 Å². The number of nitrogens with zero attached hydrogens (tertiary/aromatic N) is 2. The SMILES string of the molecule is COc1ccc(CC[C@]2(C)NC(=O)N(CN(C)Cc3ccsc3)C2=O)cc1. The van der Waals surface area contributed by atoms with Gasteiger partial charge in [-0.15, -0.1) is 0 Å². The number of urea groups is 1. The molecule has 0 saturated carbocycles. The molecule has 0 radical (unpaired) electrons. The molecule has 1 atom stereocenters. The van der Waals surface area contributed by atoms with Crippen LogP contribution < -0.4 is 10.1 Å². The minimum absolute atomic E-state index is 0.168. The number of methoxy groups -OCH3 is 1. The Morgan fingerprint density at radius 2 is 1.93 bits per heavy atom. The normalized spacial score (nSPS) is 19.6. The molecule has 144 valence electrons. The fourth-order valence-corrected chi connectivity index (χ4v) is 3.88. The minimum atomic E-state index is -0.875. The summed E-state index contributed by atoms with van der Waals surface area (Å²) < 4.78 is 5.16. The van der Waals surface area contributed by atoms with Crippen LogP contribution in [0.15, 0.2) is 41.1 Å². The van der Waals surface area contributed by atoms with Crippen LogP contribution in [0.2, 0.25) is 0 Å². The molecule has 1 aromatic carbocycles. The lowest BCUT2D eigenvalue weighted by atomic mass is 9.93. The highest BCUT2D eigenvalue weighted by Gasteiger charge is 2.47. The predicted molar refractivity (Wildman–Crippen MR) is 106 cm³/mol. The zero-order valence-corrected chi connectivity index (χ0v) is 16.7. The Morgan fingerprint density at radius 3 is 2.56 bits per heavy atom. The molecule has 0 bridgehead atoms. The van der Waals surface area contributed by atoms with Crippen LogP contribution >= 0.6 is 11.3 Å². The number of aryl methyl sites for hydroxylation is 1. The van der Waals surface area contributed by atoms with Gasteiger partial charge in [-0.2, -0.15) is 11.3 Å². The largest absolute Gasteiger partial charge is 0.497 e. The van der Waals surface area contributed by atoms with Crippen molar-refractivity contribution in [2.75, 3.05) is 20.8 Å². The number of ether oxygens (including phenoxy) is 1. The Bertz CT molecular complexity index is 791. The number of rotatable bonds is 8. The van der Waals surface area contributed by atoms with Crippen molar-refractivity contribution >= 4 is 23.3 Å². The van der Waals surface area contributed by atoms with Crippen LogP contribution in [-0.2, 0) is 17.8 Å². The van der Waals surface area contributed by atoms with Crippen LogP contribution in [0.5, 0.6) is 5.75 Å². The maximum atomic E-state index is 12.9. The van der Waals surface area contributed by atoms with E-state index in [1.807, 2.05) is 47.7 Å². The Kier molecular flexibility index (Phi) is 5.82. The summed E-state index contributed by atoms with van der Waals surface area (Å²) in [6, 6.07) is 9.49. The van der Waals surface area contributed by atoms with Gasteiger partial charge in [-0.05, 0) is 66.9 Å². The summed E-state index contributed by atoms with van der Waals surface area (Å²) in [5, 5.41) is 6.97. The predicted octanol–water partition coefficient (Wildman–Crippen LogP) is 3.09. The second kappa shape index (κ2) is 8.10. The van der Waals surface area contributed by atoms with Crippen molar-refractivity contribution < 1.29 is 14.3 Å². The van der Waals surface area contributed by atoms with E-state index in [0.717, 1.165) is 11.3 Å². The third-order valence-corrected chi connectivity index (χ3v) is 5.57. The first-order chi connectivity index (χ1) is 12.9. The molecular weight excluding hydrogens is 362 g/mol. The summed E-state index contributed by atoms with van der Waals surface area (Å²) in [7, 11) is 3.54. The van der Waals surface area contributed by atoms with Gasteiger partial charge in [0.25, 0.3) is 5.91 Å². The van der Waals surface area contributed by atoms with Gasteiger partial charge in [-0.3, -0.25) is 9.69 Å². The molecule has 2 aromatic rings. The van der Waals surface area contributed by atoms with E-state index in [1.165, 1.54) is 10.5 Å². The number of imide groups is 1. The molecule has 1 N–H and O–H groups in total. The third-order valence-electron chi connectivity index (χ3n) is 4.83. The third kappa shape index (κ3) is 4.48. The molecule has 2 heterocycles. The van der Waals surface area contributed by atoms with Crippen LogP contribution in [0.1, 0.15) is 24.5 Å². The molecule has 0 aliphatic carbocycles. The van der Waals surface area contributed by atoms with Gasteiger partial charge in [-0.25, -0.2) is 9.69 Å². The van der Waals surface area contributed by atoms with E-state index in [4.69, 9.17) is 4.74 Å². The number of amides is 3. The van der Waals surface area contributed by atoms with E-state index >= 15 is 0 Å². The molecular formula is C20H25N3O3S. The van der Waals surface area contributed by atoms with E-state index in [2.05, 4.69) is 10.7 Å². The minimum Gasteiger partial charge on any atom is -0.497 e. The molecule has 7 heteroatoms. The van der Waals surface area contributed by atoms with Gasteiger partial charge in [0.15, 0.2) is 0 Å². The topological polar surface area (TPSA) is 61.9 Å². The van der Waals surface area contributed by atoms with E-state index < -0.39 is 5.54 Å². The molecule has 0 unspecified atom stereocenters. The lowest BCUT2D eigenvalue weighted by Crippen LogP contribution is -2.45. The van der Waals surface area contributed by atoms with E-state index in [0.29, 0.717) is 19.4 Å². The molecule has 1 saturated heterocycles. The number of hydrogen-bond donors (Lipinski definition) is 1. The molecule has 0 spiro atoms. The number of hydrogen-bond acceptors (Lipinski definition) is 5. The first-order valence-electron chi connectivity index (χ1n) is 8.88. The van der Waals surface area contributed by atoms with Gasteiger partial charge in [0.05, 0.1) is 13.8 Å². The van der Waals surface area contributed by atoms with Crippen molar-refractivity contribution in [3.8, 4) is 5.75 Å². The first kappa shape index (κ1) is 19.4. The maximum absolute atomic E-state index is 12.9. The molecule has 1 aromatic heterocycles. The number of carbonyl (C=O) groups excluding carboxylic acids is 2. The van der Waals surface area contributed by atoms with Crippen LogP contribution in [-0.4, -0.2) is 48.1 Å². The summed E-state index contributed by atoms with van der Waals surface area (Å²) in [6.07, 6.45) is 1.25. The zero-order chi connectivity index (χ0) is 19.4. The molecule has 6 nitrogen and oxygen atoms in total. The van der Waals surface area contributed by atoms with Gasteiger partial charge in [0, 0.05) is 6.54 Å². The number of thiophene rings is 1. The molecule has 1 aliphatic heterocycles. The second-order valence-electron chi connectivity index (χ2n) is 7.13. The molecule has 1 fully saturated rings. The molecule has 3 rings (SSSR count). The standard InChI is InChI=1S/C20H25N3O3S/c1-20(10-8-15-4-6-17(26-3)7-5-15)18(24)23(19(25)21-20)14-22(2)12-16-9-11-27-13-16/h4-7,9,11,13H,8,10,12,14H2,1-3H3,(H,21,25)/t20-/m0/s1. The first-order valence-corrected chi connectivity index (χ1v) is 9.82. The fourth-order valence-electron chi connectivity index (χ4n) is 3.22. The fraction of sp³-hybridized carbons (Fsp3) is 0.400. The summed E-state index contributed by atoms with van der Waals surface area (Å²) in [5.41, 5.74) is 1.41. The van der Waals surface area contributed by atoms with Crippen molar-refractivity contribution in [3.63, 3.8) is 0 Å². The second-order valence-corrected chi connectivity index (χ2v) is 7.91. The van der Waals surface area contributed by atoms with Gasteiger partial charge in [0.2, 0.25) is 0 Å². The van der Waals surface area contributed by atoms with Crippen molar-refractivity contribution in [2.24, 2.45) is 0 Å². The summed E-state index contributed by atoms with van der Waals surface area (Å²) in [5.74, 6) is 0.633. The zero-order valence-electron chi connectivity index (χ0n) is 15.9. The van der Waals surface area contributed by atoms with Gasteiger partial charge in [0.1, 0.15) is 11.3 Å². The lowest BCUT2D eigenvalue weighted by molar-refractivity contribution is -0.132. The molecule has 1 aliphatic rings. The van der Waals surface area contributed by atoms with Crippen LogP contribution in [0.4, 0.5) is 4.79 Å². The van der Waals surface area contributed by atoms with Gasteiger partial charge >= 0.3 is 6.03 Å². The van der Waals surface area contributed by atoms with Gasteiger partial charge < -0.3 is 10.1 Å². The van der Waals surface area contributed by atoms with Crippen molar-refractivity contribution in [1.29, 1.82) is 0 Å². The quantitative estimate of drug-likeness (QED) is 0.707.